The van der Waals surface area contributed by atoms with Crippen molar-refractivity contribution >= 4 is 28.2 Å². The first-order valence-corrected chi connectivity index (χ1v) is 11.0. The Labute approximate surface area is 185 Å². The zero-order valence-electron chi connectivity index (χ0n) is 17.5. The van der Waals surface area contributed by atoms with Crippen LogP contribution in [-0.4, -0.2) is 37.0 Å². The average molecular weight is 437 g/mol. The number of amides is 1. The van der Waals surface area contributed by atoms with E-state index in [1.807, 2.05) is 36.4 Å². The molecule has 6 nitrogen and oxygen atoms in total. The zero-order chi connectivity index (χ0) is 21.8. The van der Waals surface area contributed by atoms with E-state index in [2.05, 4.69) is 17.1 Å². The molecule has 1 N–H and O–H groups in total. The van der Waals surface area contributed by atoms with Gasteiger partial charge < -0.3 is 14.8 Å². The number of nitrogens with one attached hydrogen (secondary N) is 1. The first kappa shape index (κ1) is 21.1. The SMILES string of the molecule is CCN1CCc2c(sc(NC(=O)c3ccccc3Oc3ccccc3)c2C(=O)OC)C1. The molecule has 0 radical (unpaired) electrons. The van der Waals surface area contributed by atoms with Crippen LogP contribution in [0.15, 0.2) is 54.6 Å². The van der Waals surface area contributed by atoms with Crippen molar-refractivity contribution in [2.24, 2.45) is 0 Å². The van der Waals surface area contributed by atoms with Crippen LogP contribution in [-0.2, 0) is 17.7 Å². The fourth-order valence-corrected chi connectivity index (χ4v) is 4.93. The number of hydrogen-bond acceptors (Lipinski definition) is 6. The number of para-hydroxylation sites is 2. The second kappa shape index (κ2) is 9.32. The van der Waals surface area contributed by atoms with Crippen LogP contribution >= 0.6 is 11.3 Å². The molecule has 0 atom stereocenters. The summed E-state index contributed by atoms with van der Waals surface area (Å²) in [5.74, 6) is 0.336. The number of rotatable bonds is 6. The van der Waals surface area contributed by atoms with Crippen LogP contribution in [0.4, 0.5) is 5.00 Å². The average Bonchev–Trinajstić information content (AvgIpc) is 3.16. The second-order valence-electron chi connectivity index (χ2n) is 7.18. The van der Waals surface area contributed by atoms with E-state index in [1.165, 1.54) is 18.4 Å². The fourth-order valence-electron chi connectivity index (χ4n) is 3.66. The maximum absolute atomic E-state index is 13.2. The minimum atomic E-state index is -0.424. The van der Waals surface area contributed by atoms with Crippen molar-refractivity contribution in [1.29, 1.82) is 0 Å². The Morgan fingerprint density at radius 2 is 1.84 bits per heavy atom. The summed E-state index contributed by atoms with van der Waals surface area (Å²) in [6, 6.07) is 16.4. The first-order valence-electron chi connectivity index (χ1n) is 10.2. The van der Waals surface area contributed by atoms with Crippen molar-refractivity contribution in [1.82, 2.24) is 4.90 Å². The summed E-state index contributed by atoms with van der Waals surface area (Å²) < 4.78 is 10.9. The molecular weight excluding hydrogens is 412 g/mol. The number of hydrogen-bond donors (Lipinski definition) is 1. The highest BCUT2D eigenvalue weighted by Gasteiger charge is 2.29. The molecule has 0 fully saturated rings. The molecule has 4 rings (SSSR count). The molecule has 0 saturated carbocycles. The smallest absolute Gasteiger partial charge is 0.341 e. The normalized spacial score (nSPS) is 13.4. The van der Waals surface area contributed by atoms with E-state index >= 15 is 0 Å². The number of carbonyl (C=O) groups is 2. The lowest BCUT2D eigenvalue weighted by Crippen LogP contribution is -2.29. The third kappa shape index (κ3) is 4.47. The van der Waals surface area contributed by atoms with Gasteiger partial charge in [0.25, 0.3) is 5.91 Å². The molecule has 7 heteroatoms. The summed E-state index contributed by atoms with van der Waals surface area (Å²) in [6.07, 6.45) is 0.758. The van der Waals surface area contributed by atoms with Crippen molar-refractivity contribution in [2.75, 3.05) is 25.5 Å². The molecule has 1 aromatic heterocycles. The maximum Gasteiger partial charge on any atom is 0.341 e. The predicted molar refractivity (Wildman–Crippen MR) is 121 cm³/mol. The van der Waals surface area contributed by atoms with Crippen LogP contribution < -0.4 is 10.1 Å². The lowest BCUT2D eigenvalue weighted by molar-refractivity contribution is 0.0600. The number of benzene rings is 2. The van der Waals surface area contributed by atoms with E-state index in [1.54, 1.807) is 18.2 Å². The van der Waals surface area contributed by atoms with Crippen LogP contribution in [0.3, 0.4) is 0 Å². The van der Waals surface area contributed by atoms with Gasteiger partial charge >= 0.3 is 5.97 Å². The molecule has 1 amide bonds. The summed E-state index contributed by atoms with van der Waals surface area (Å²) in [4.78, 5) is 29.1. The Kier molecular flexibility index (Phi) is 6.34. The first-order chi connectivity index (χ1) is 15.1. The van der Waals surface area contributed by atoms with Gasteiger partial charge in [0.2, 0.25) is 0 Å². The van der Waals surface area contributed by atoms with E-state index in [4.69, 9.17) is 9.47 Å². The molecule has 1 aliphatic heterocycles. The lowest BCUT2D eigenvalue weighted by atomic mass is 10.0. The molecule has 3 aromatic rings. The zero-order valence-corrected chi connectivity index (χ0v) is 18.3. The van der Waals surface area contributed by atoms with Crippen LogP contribution in [0.5, 0.6) is 11.5 Å². The van der Waals surface area contributed by atoms with Crippen LogP contribution in [0.1, 0.15) is 38.1 Å². The number of methoxy groups -OCH3 is 1. The minimum Gasteiger partial charge on any atom is -0.465 e. The quantitative estimate of drug-likeness (QED) is 0.554. The summed E-state index contributed by atoms with van der Waals surface area (Å²) >= 11 is 1.44. The van der Waals surface area contributed by atoms with Gasteiger partial charge in [-0.2, -0.15) is 0 Å². The van der Waals surface area contributed by atoms with E-state index in [-0.39, 0.29) is 5.91 Å². The van der Waals surface area contributed by atoms with Gasteiger partial charge in [0.1, 0.15) is 16.5 Å². The standard InChI is InChI=1S/C24H24N2O4S/c1-3-26-14-13-18-20(15-26)31-23(21(18)24(28)29-2)25-22(27)17-11-7-8-12-19(17)30-16-9-5-4-6-10-16/h4-12H,3,13-15H2,1-2H3,(H,25,27). The molecule has 1 aliphatic rings. The molecule has 0 spiro atoms. The van der Waals surface area contributed by atoms with Gasteiger partial charge in [0.05, 0.1) is 18.2 Å². The topological polar surface area (TPSA) is 67.9 Å². The summed E-state index contributed by atoms with van der Waals surface area (Å²) in [6.45, 7) is 4.71. The number of esters is 1. The fraction of sp³-hybridized carbons (Fsp3) is 0.250. The molecule has 0 bridgehead atoms. The number of carbonyl (C=O) groups excluding carboxylic acids is 2. The van der Waals surface area contributed by atoms with Crippen molar-refractivity contribution in [3.05, 3.63) is 76.2 Å². The van der Waals surface area contributed by atoms with Gasteiger partial charge in [0, 0.05) is 18.0 Å². The number of nitrogens with zero attached hydrogens (tertiary/aromatic N) is 1. The number of thiophene rings is 1. The lowest BCUT2D eigenvalue weighted by Gasteiger charge is -2.25. The Morgan fingerprint density at radius 3 is 2.58 bits per heavy atom. The van der Waals surface area contributed by atoms with E-state index < -0.39 is 5.97 Å². The van der Waals surface area contributed by atoms with Gasteiger partial charge in [-0.25, -0.2) is 4.79 Å². The molecule has 0 saturated heterocycles. The largest absolute Gasteiger partial charge is 0.465 e. The van der Waals surface area contributed by atoms with Gasteiger partial charge in [0.15, 0.2) is 0 Å². The van der Waals surface area contributed by atoms with Crippen molar-refractivity contribution in [3.63, 3.8) is 0 Å². The van der Waals surface area contributed by atoms with Crippen LogP contribution in [0, 0.1) is 0 Å². The van der Waals surface area contributed by atoms with Crippen molar-refractivity contribution < 1.29 is 19.1 Å². The van der Waals surface area contributed by atoms with Crippen molar-refractivity contribution in [2.45, 2.75) is 19.9 Å². The van der Waals surface area contributed by atoms with E-state index in [0.717, 1.165) is 36.5 Å². The number of ether oxygens (including phenoxy) is 2. The Morgan fingerprint density at radius 1 is 1.10 bits per heavy atom. The number of likely N-dealkylation sites (N-methyl/N-ethyl adjacent to an activating group) is 1. The van der Waals surface area contributed by atoms with Gasteiger partial charge in [-0.1, -0.05) is 37.3 Å². The molecule has 2 aromatic carbocycles. The third-order valence-electron chi connectivity index (χ3n) is 5.30. The molecule has 0 unspecified atom stereocenters. The van der Waals surface area contributed by atoms with Gasteiger partial charge in [-0.3, -0.25) is 9.69 Å². The van der Waals surface area contributed by atoms with Crippen LogP contribution in [0.2, 0.25) is 0 Å². The Bertz CT molecular complexity index is 1090. The maximum atomic E-state index is 13.2. The Hall–Kier alpha value is -3.16. The van der Waals surface area contributed by atoms with E-state index in [0.29, 0.717) is 27.6 Å². The highest BCUT2D eigenvalue weighted by molar-refractivity contribution is 7.17. The minimum absolute atomic E-state index is 0.331. The molecule has 0 aliphatic carbocycles. The molecule has 2 heterocycles. The Balaban J connectivity index is 1.64. The summed E-state index contributed by atoms with van der Waals surface area (Å²) in [5, 5.41) is 3.46. The van der Waals surface area contributed by atoms with Crippen LogP contribution in [0.25, 0.3) is 0 Å². The second-order valence-corrected chi connectivity index (χ2v) is 8.29. The molecule has 160 valence electrons. The number of fused-ring (bicyclic) bond motifs is 1. The molecular formula is C24H24N2O4S. The number of anilines is 1. The highest BCUT2D eigenvalue weighted by atomic mass is 32.1. The third-order valence-corrected chi connectivity index (χ3v) is 6.43. The molecule has 31 heavy (non-hydrogen) atoms. The van der Waals surface area contributed by atoms with Crippen molar-refractivity contribution in [3.8, 4) is 11.5 Å². The monoisotopic (exact) mass is 436 g/mol. The van der Waals surface area contributed by atoms with Gasteiger partial charge in [-0.15, -0.1) is 11.3 Å². The predicted octanol–water partition coefficient (Wildman–Crippen LogP) is 4.96. The van der Waals surface area contributed by atoms with E-state index in [9.17, 15) is 9.59 Å². The van der Waals surface area contributed by atoms with Gasteiger partial charge in [-0.05, 0) is 42.8 Å². The highest BCUT2D eigenvalue weighted by Crippen LogP contribution is 2.38. The summed E-state index contributed by atoms with van der Waals surface area (Å²) in [5.41, 5.74) is 1.84. The summed E-state index contributed by atoms with van der Waals surface area (Å²) in [7, 11) is 1.36.